The molecule has 3 heterocycles. The van der Waals surface area contributed by atoms with Crippen molar-refractivity contribution in [2.75, 3.05) is 0 Å². The second-order valence-electron chi connectivity index (χ2n) is 11.3. The summed E-state index contributed by atoms with van der Waals surface area (Å²) in [4.78, 5) is 39.6. The largest absolute Gasteiger partial charge is 0.507 e. The van der Waals surface area contributed by atoms with E-state index in [1.807, 2.05) is 6.92 Å². The Morgan fingerprint density at radius 1 is 0.805 bits per heavy atom. The van der Waals surface area contributed by atoms with Gasteiger partial charge in [0.1, 0.15) is 35.6 Å². The molecular weight excluding hydrogens is 532 g/mol. The first-order valence-corrected chi connectivity index (χ1v) is 13.6. The molecule has 3 N–H and O–H groups in total. The number of benzene rings is 3. The predicted octanol–water partition coefficient (Wildman–Crippen LogP) is 3.75. The number of hydrogen-bond donors (Lipinski definition) is 3. The van der Waals surface area contributed by atoms with Crippen molar-refractivity contribution < 1.29 is 48.7 Å². The van der Waals surface area contributed by atoms with Crippen molar-refractivity contribution in [3.8, 4) is 17.2 Å². The number of hydrogen-bond acceptors (Lipinski definition) is 10. The van der Waals surface area contributed by atoms with Crippen LogP contribution in [0.5, 0.6) is 17.2 Å². The fourth-order valence-corrected chi connectivity index (χ4v) is 6.63. The summed E-state index contributed by atoms with van der Waals surface area (Å²) < 4.78 is 24.3. The van der Waals surface area contributed by atoms with Gasteiger partial charge < -0.3 is 34.3 Å². The third kappa shape index (κ3) is 3.82. The fraction of sp³-hybridized carbons (Fsp3) is 0.387. The summed E-state index contributed by atoms with van der Waals surface area (Å²) in [5, 5.41) is 33.1. The molecule has 2 unspecified atom stereocenters. The summed E-state index contributed by atoms with van der Waals surface area (Å²) >= 11 is 0. The highest BCUT2D eigenvalue weighted by molar-refractivity contribution is 6.34. The van der Waals surface area contributed by atoms with Crippen LogP contribution in [0.4, 0.5) is 0 Å². The highest BCUT2D eigenvalue weighted by Crippen LogP contribution is 2.47. The van der Waals surface area contributed by atoms with Crippen LogP contribution in [0.15, 0.2) is 30.3 Å². The van der Waals surface area contributed by atoms with Gasteiger partial charge in [-0.05, 0) is 50.6 Å². The van der Waals surface area contributed by atoms with Crippen molar-refractivity contribution in [1.82, 2.24) is 0 Å². The number of phenols is 3. The Balaban J connectivity index is 1.25. The molecule has 10 heteroatoms. The summed E-state index contributed by atoms with van der Waals surface area (Å²) in [6.45, 7) is 5.22. The monoisotopic (exact) mass is 560 g/mol. The number of rotatable bonds is 1. The summed E-state index contributed by atoms with van der Waals surface area (Å²) in [7, 11) is 0. The Labute approximate surface area is 234 Å². The van der Waals surface area contributed by atoms with E-state index in [-0.39, 0.29) is 63.2 Å². The van der Waals surface area contributed by atoms with Crippen LogP contribution >= 0.6 is 0 Å². The molecule has 3 aromatic carbocycles. The SMILES string of the molecule is Cc1cc(O)c2c3c(cc(O)c2c1)C(=O)c1c(ccc([C@@H]2C[C@@H]4OC5O[C@H](C)C(=O)CC5O[C@@H]4[C@@H](C)O2)c1O)C3=O. The zero-order valence-electron chi connectivity index (χ0n) is 22.5. The number of fused-ring (bicyclic) bond motifs is 6. The number of aryl methyl sites for hydroxylation is 1. The Hall–Kier alpha value is -3.83. The molecular formula is C31H28O10. The number of Topliss-reactive ketones (excluding diaryl/α,β-unsaturated/α-hetero) is 1. The van der Waals surface area contributed by atoms with Crippen molar-refractivity contribution in [2.45, 2.75) is 76.5 Å². The van der Waals surface area contributed by atoms with Gasteiger partial charge in [-0.1, -0.05) is 6.07 Å². The second-order valence-corrected chi connectivity index (χ2v) is 11.3. The van der Waals surface area contributed by atoms with E-state index < -0.39 is 60.2 Å². The topological polar surface area (TPSA) is 149 Å². The molecule has 0 bridgehead atoms. The Kier molecular flexibility index (Phi) is 5.78. The molecule has 7 rings (SSSR count). The van der Waals surface area contributed by atoms with E-state index in [0.29, 0.717) is 11.1 Å². The molecule has 3 aromatic rings. The number of carbonyl (C=O) groups excluding carboxylic acids is 3. The van der Waals surface area contributed by atoms with E-state index >= 15 is 0 Å². The first-order valence-electron chi connectivity index (χ1n) is 13.6. The van der Waals surface area contributed by atoms with Gasteiger partial charge in [0.25, 0.3) is 0 Å². The minimum atomic E-state index is -0.703. The van der Waals surface area contributed by atoms with E-state index in [4.69, 9.17) is 18.9 Å². The van der Waals surface area contributed by atoms with Crippen molar-refractivity contribution in [3.05, 3.63) is 63.7 Å². The van der Waals surface area contributed by atoms with Crippen LogP contribution in [0.25, 0.3) is 10.8 Å². The lowest BCUT2D eigenvalue weighted by Gasteiger charge is -2.49. The normalized spacial score (nSPS) is 30.9. The lowest BCUT2D eigenvalue weighted by molar-refractivity contribution is -0.346. The maximum absolute atomic E-state index is 13.8. The van der Waals surface area contributed by atoms with Gasteiger partial charge in [-0.2, -0.15) is 0 Å². The van der Waals surface area contributed by atoms with Crippen LogP contribution < -0.4 is 0 Å². The first-order chi connectivity index (χ1) is 19.5. The fourth-order valence-electron chi connectivity index (χ4n) is 6.63. The Morgan fingerprint density at radius 3 is 2.34 bits per heavy atom. The molecule has 0 radical (unpaired) electrons. The van der Waals surface area contributed by atoms with E-state index in [9.17, 15) is 29.7 Å². The molecule has 7 atom stereocenters. The molecule has 0 amide bonds. The molecule has 3 saturated heterocycles. The van der Waals surface area contributed by atoms with Crippen LogP contribution in [0, 0.1) is 6.92 Å². The van der Waals surface area contributed by atoms with Gasteiger partial charge >= 0.3 is 0 Å². The van der Waals surface area contributed by atoms with Gasteiger partial charge in [0.2, 0.25) is 0 Å². The lowest BCUT2D eigenvalue weighted by atomic mass is 9.79. The van der Waals surface area contributed by atoms with Crippen LogP contribution in [0.2, 0.25) is 0 Å². The van der Waals surface area contributed by atoms with Gasteiger partial charge in [0.05, 0.1) is 23.9 Å². The second kappa shape index (κ2) is 9.09. The molecule has 3 aliphatic heterocycles. The average molecular weight is 561 g/mol. The van der Waals surface area contributed by atoms with E-state index in [1.165, 1.54) is 18.2 Å². The average Bonchev–Trinajstić information content (AvgIpc) is 2.91. The van der Waals surface area contributed by atoms with Gasteiger partial charge in [0, 0.05) is 45.9 Å². The third-order valence-corrected chi connectivity index (χ3v) is 8.63. The standard InChI is InChI=1S/C31H28O10/c1-11-6-16-19(33)8-17-25(24(16)20(34)7-11)28(36)15-5-4-14(27(35)26(15)29(17)37)21-10-22-30(13(3)38-21)40-23-9-18(32)12(2)39-31(23)41-22/h4-8,12-13,21-23,30-31,33-35H,9-10H2,1-3H3/t12-,13-,21+,22+,23?,30-,31?/m1/s1. The molecule has 41 heavy (non-hydrogen) atoms. The summed E-state index contributed by atoms with van der Waals surface area (Å²) in [5.74, 6) is -2.13. The molecule has 0 spiro atoms. The molecule has 10 nitrogen and oxygen atoms in total. The minimum Gasteiger partial charge on any atom is -0.507 e. The Bertz CT molecular complexity index is 1680. The number of ether oxygens (including phenoxy) is 4. The lowest BCUT2D eigenvalue weighted by Crippen LogP contribution is -2.60. The predicted molar refractivity (Wildman–Crippen MR) is 142 cm³/mol. The quantitative estimate of drug-likeness (QED) is 0.314. The highest BCUT2D eigenvalue weighted by atomic mass is 16.7. The van der Waals surface area contributed by atoms with Crippen LogP contribution in [-0.2, 0) is 23.7 Å². The molecule has 0 saturated carbocycles. The molecule has 1 aliphatic carbocycles. The first kappa shape index (κ1) is 26.1. The van der Waals surface area contributed by atoms with Crippen molar-refractivity contribution in [1.29, 1.82) is 0 Å². The smallest absolute Gasteiger partial charge is 0.198 e. The highest BCUT2D eigenvalue weighted by Gasteiger charge is 2.50. The van der Waals surface area contributed by atoms with E-state index in [0.717, 1.165) is 0 Å². The molecule has 0 aromatic heterocycles. The van der Waals surface area contributed by atoms with Crippen LogP contribution in [-0.4, -0.2) is 69.5 Å². The number of aromatic hydroxyl groups is 3. The zero-order chi connectivity index (χ0) is 28.9. The maximum Gasteiger partial charge on any atom is 0.198 e. The zero-order valence-corrected chi connectivity index (χ0v) is 22.5. The summed E-state index contributed by atoms with van der Waals surface area (Å²) in [6.07, 6.45) is -3.45. The van der Waals surface area contributed by atoms with Gasteiger partial charge in [0.15, 0.2) is 23.6 Å². The van der Waals surface area contributed by atoms with Crippen molar-refractivity contribution in [2.24, 2.45) is 0 Å². The van der Waals surface area contributed by atoms with E-state index in [2.05, 4.69) is 0 Å². The molecule has 3 fully saturated rings. The number of ketones is 3. The summed E-state index contributed by atoms with van der Waals surface area (Å²) in [6, 6.07) is 7.32. The third-order valence-electron chi connectivity index (χ3n) is 8.63. The molecule has 212 valence electrons. The Morgan fingerprint density at radius 2 is 1.56 bits per heavy atom. The molecule has 4 aliphatic rings. The van der Waals surface area contributed by atoms with E-state index in [1.54, 1.807) is 26.0 Å². The van der Waals surface area contributed by atoms with Crippen molar-refractivity contribution >= 4 is 28.1 Å². The van der Waals surface area contributed by atoms with Crippen LogP contribution in [0.3, 0.4) is 0 Å². The van der Waals surface area contributed by atoms with Crippen molar-refractivity contribution in [3.63, 3.8) is 0 Å². The van der Waals surface area contributed by atoms with Gasteiger partial charge in [-0.3, -0.25) is 14.4 Å². The number of carbonyl (C=O) groups is 3. The van der Waals surface area contributed by atoms with Gasteiger partial charge in [-0.25, -0.2) is 0 Å². The van der Waals surface area contributed by atoms with Gasteiger partial charge in [-0.15, -0.1) is 0 Å². The number of phenolic OH excluding ortho intramolecular Hbond substituents is 3. The minimum absolute atomic E-state index is 0.00759. The maximum atomic E-state index is 13.8. The summed E-state index contributed by atoms with van der Waals surface area (Å²) in [5.41, 5.74) is 0.658. The van der Waals surface area contributed by atoms with Crippen LogP contribution in [0.1, 0.15) is 75.8 Å².